The third-order valence-electron chi connectivity index (χ3n) is 3.44. The molecule has 1 rings (SSSR count). The molecule has 1 aromatic carbocycles. The first kappa shape index (κ1) is 22.9. The lowest BCUT2D eigenvalue weighted by Gasteiger charge is -2.14. The quantitative estimate of drug-likeness (QED) is 0.454. The molecule has 0 aromatic heterocycles. The first-order valence-corrected chi connectivity index (χ1v) is 10.8. The number of nitrogens with one attached hydrogen (secondary N) is 2. The summed E-state index contributed by atoms with van der Waals surface area (Å²) in [5.41, 5.74) is 0.348. The minimum atomic E-state index is -4.02. The summed E-state index contributed by atoms with van der Waals surface area (Å²) < 4.78 is 31.3. The summed E-state index contributed by atoms with van der Waals surface area (Å²) in [5, 5.41) is 11.7. The van der Waals surface area contributed by atoms with E-state index in [9.17, 15) is 22.8 Å². The minimum absolute atomic E-state index is 0.0641. The van der Waals surface area contributed by atoms with Gasteiger partial charge in [0.2, 0.25) is 15.9 Å². The van der Waals surface area contributed by atoms with Crippen molar-refractivity contribution in [1.82, 2.24) is 4.72 Å². The normalized spacial score (nSPS) is 12.2. The third-order valence-corrected chi connectivity index (χ3v) is 5.57. The Bertz CT molecular complexity index is 763. The van der Waals surface area contributed by atoms with Crippen molar-refractivity contribution in [2.75, 3.05) is 24.4 Å². The summed E-state index contributed by atoms with van der Waals surface area (Å²) >= 11 is 1.42. The number of benzene rings is 1. The predicted octanol–water partition coefficient (Wildman–Crippen LogP) is 1.06. The summed E-state index contributed by atoms with van der Waals surface area (Å²) in [4.78, 5) is 33.8. The molecule has 3 N–H and O–H groups in total. The van der Waals surface area contributed by atoms with E-state index in [1.165, 1.54) is 43.1 Å². The summed E-state index contributed by atoms with van der Waals surface area (Å²) in [7, 11) is -2.79. The maximum absolute atomic E-state index is 12.3. The zero-order chi connectivity index (χ0) is 20.4. The SMILES string of the molecule is COC(=O)CCC(=O)Nc1ccc(S(=O)(=O)NC(CCSC)C(=O)O)cc1. The van der Waals surface area contributed by atoms with Gasteiger partial charge in [0.15, 0.2) is 0 Å². The third kappa shape index (κ3) is 7.97. The molecule has 1 aromatic rings. The maximum Gasteiger partial charge on any atom is 0.321 e. The van der Waals surface area contributed by atoms with Crippen molar-refractivity contribution in [3.05, 3.63) is 24.3 Å². The lowest BCUT2D eigenvalue weighted by atomic mass is 10.2. The summed E-state index contributed by atoms with van der Waals surface area (Å²) in [6, 6.07) is 4.04. The molecule has 11 heteroatoms. The average molecular weight is 418 g/mol. The number of ether oxygens (including phenoxy) is 1. The van der Waals surface area contributed by atoms with Crippen LogP contribution in [0, 0.1) is 0 Å². The van der Waals surface area contributed by atoms with E-state index in [-0.39, 0.29) is 24.2 Å². The van der Waals surface area contributed by atoms with Crippen molar-refractivity contribution in [2.45, 2.75) is 30.2 Å². The molecule has 1 atom stereocenters. The standard InChI is InChI=1S/C16H22N2O7S2/c1-25-15(20)8-7-14(19)17-11-3-5-12(6-4-11)27(23,24)18-13(16(21)22)9-10-26-2/h3-6,13,18H,7-10H2,1-2H3,(H,17,19)(H,21,22). The Morgan fingerprint density at radius 2 is 1.81 bits per heavy atom. The molecule has 0 saturated heterocycles. The van der Waals surface area contributed by atoms with E-state index in [1.807, 2.05) is 0 Å². The fourth-order valence-corrected chi connectivity index (χ4v) is 3.68. The molecule has 0 aliphatic carbocycles. The molecule has 150 valence electrons. The van der Waals surface area contributed by atoms with Crippen molar-refractivity contribution in [2.24, 2.45) is 0 Å². The smallest absolute Gasteiger partial charge is 0.321 e. The van der Waals surface area contributed by atoms with E-state index in [0.29, 0.717) is 11.4 Å². The number of rotatable bonds is 11. The van der Waals surface area contributed by atoms with Crippen LogP contribution in [0.25, 0.3) is 0 Å². The van der Waals surface area contributed by atoms with E-state index in [1.54, 1.807) is 6.26 Å². The van der Waals surface area contributed by atoms with Gasteiger partial charge in [-0.15, -0.1) is 0 Å². The largest absolute Gasteiger partial charge is 0.480 e. The number of carbonyl (C=O) groups is 3. The number of aliphatic carboxylic acids is 1. The molecule has 0 aliphatic heterocycles. The Morgan fingerprint density at radius 3 is 2.33 bits per heavy atom. The van der Waals surface area contributed by atoms with Gasteiger partial charge in [0.05, 0.1) is 18.4 Å². The topological polar surface area (TPSA) is 139 Å². The molecule has 9 nitrogen and oxygen atoms in total. The van der Waals surface area contributed by atoms with Crippen LogP contribution in [0.3, 0.4) is 0 Å². The van der Waals surface area contributed by atoms with Crippen LogP contribution >= 0.6 is 11.8 Å². The van der Waals surface area contributed by atoms with Crippen LogP contribution in [0.2, 0.25) is 0 Å². The number of hydrogen-bond donors (Lipinski definition) is 3. The first-order valence-electron chi connectivity index (χ1n) is 7.90. The molecule has 27 heavy (non-hydrogen) atoms. The second-order valence-electron chi connectivity index (χ2n) is 5.44. The summed E-state index contributed by atoms with van der Waals surface area (Å²) in [6.07, 6.45) is 1.82. The zero-order valence-electron chi connectivity index (χ0n) is 14.9. The van der Waals surface area contributed by atoms with Crippen molar-refractivity contribution in [3.63, 3.8) is 0 Å². The fourth-order valence-electron chi connectivity index (χ4n) is 1.98. The number of hydrogen-bond acceptors (Lipinski definition) is 7. The van der Waals surface area contributed by atoms with Crippen LogP contribution in [-0.4, -0.2) is 56.5 Å². The van der Waals surface area contributed by atoms with Crippen LogP contribution in [0.5, 0.6) is 0 Å². The van der Waals surface area contributed by atoms with Gasteiger partial charge >= 0.3 is 11.9 Å². The van der Waals surface area contributed by atoms with Crippen LogP contribution in [-0.2, 0) is 29.1 Å². The van der Waals surface area contributed by atoms with Crippen molar-refractivity contribution in [1.29, 1.82) is 0 Å². The Morgan fingerprint density at radius 1 is 1.19 bits per heavy atom. The highest BCUT2D eigenvalue weighted by atomic mass is 32.2. The van der Waals surface area contributed by atoms with Crippen LogP contribution in [0.4, 0.5) is 5.69 Å². The number of esters is 1. The van der Waals surface area contributed by atoms with Gasteiger partial charge in [-0.1, -0.05) is 0 Å². The number of carboxylic acids is 1. The van der Waals surface area contributed by atoms with E-state index >= 15 is 0 Å². The molecule has 0 bridgehead atoms. The number of carbonyl (C=O) groups excluding carboxylic acids is 2. The molecule has 0 radical (unpaired) electrons. The highest BCUT2D eigenvalue weighted by molar-refractivity contribution is 7.98. The van der Waals surface area contributed by atoms with Crippen LogP contribution in [0.15, 0.2) is 29.2 Å². The average Bonchev–Trinajstić information content (AvgIpc) is 2.63. The van der Waals surface area contributed by atoms with Gasteiger partial charge in [0, 0.05) is 12.1 Å². The minimum Gasteiger partial charge on any atom is -0.480 e. The Labute approximate surface area is 161 Å². The molecule has 0 spiro atoms. The number of anilines is 1. The molecule has 0 saturated carbocycles. The maximum atomic E-state index is 12.3. The van der Waals surface area contributed by atoms with Crippen molar-refractivity contribution >= 4 is 45.3 Å². The molecule has 0 heterocycles. The monoisotopic (exact) mass is 418 g/mol. The van der Waals surface area contributed by atoms with Crippen LogP contribution < -0.4 is 10.0 Å². The van der Waals surface area contributed by atoms with Crippen molar-refractivity contribution in [3.8, 4) is 0 Å². The highest BCUT2D eigenvalue weighted by Gasteiger charge is 2.25. The molecular weight excluding hydrogens is 396 g/mol. The first-order chi connectivity index (χ1) is 12.7. The second kappa shape index (κ2) is 10.9. The molecule has 1 amide bonds. The van der Waals surface area contributed by atoms with Gasteiger partial charge in [0.25, 0.3) is 0 Å². The predicted molar refractivity (Wildman–Crippen MR) is 101 cm³/mol. The Kier molecular flexibility index (Phi) is 9.26. The van der Waals surface area contributed by atoms with Gasteiger partial charge in [-0.25, -0.2) is 8.42 Å². The summed E-state index contributed by atoms with van der Waals surface area (Å²) in [6.45, 7) is 0. The van der Waals surface area contributed by atoms with Gasteiger partial charge < -0.3 is 15.2 Å². The van der Waals surface area contributed by atoms with E-state index in [2.05, 4.69) is 14.8 Å². The van der Waals surface area contributed by atoms with E-state index in [4.69, 9.17) is 5.11 Å². The Balaban J connectivity index is 2.74. The van der Waals surface area contributed by atoms with Gasteiger partial charge in [-0.3, -0.25) is 14.4 Å². The lowest BCUT2D eigenvalue weighted by Crippen LogP contribution is -2.41. The summed E-state index contributed by atoms with van der Waals surface area (Å²) in [5.74, 6) is -1.68. The number of carboxylic acid groups (broad SMARTS) is 1. The van der Waals surface area contributed by atoms with Gasteiger partial charge in [-0.2, -0.15) is 16.5 Å². The lowest BCUT2D eigenvalue weighted by molar-refractivity contribution is -0.141. The van der Waals surface area contributed by atoms with E-state index < -0.39 is 33.9 Å². The van der Waals surface area contributed by atoms with Gasteiger partial charge in [0.1, 0.15) is 6.04 Å². The molecule has 0 fully saturated rings. The number of thioether (sulfide) groups is 1. The fraction of sp³-hybridized carbons (Fsp3) is 0.438. The van der Waals surface area contributed by atoms with Gasteiger partial charge in [-0.05, 0) is 42.7 Å². The highest BCUT2D eigenvalue weighted by Crippen LogP contribution is 2.16. The van der Waals surface area contributed by atoms with Crippen LogP contribution in [0.1, 0.15) is 19.3 Å². The molecule has 0 aliphatic rings. The second-order valence-corrected chi connectivity index (χ2v) is 8.14. The van der Waals surface area contributed by atoms with Crippen molar-refractivity contribution < 1.29 is 32.6 Å². The van der Waals surface area contributed by atoms with E-state index in [0.717, 1.165) is 0 Å². The molecule has 1 unspecified atom stereocenters. The number of sulfonamides is 1. The Hall–Kier alpha value is -2.11. The molecular formula is C16H22N2O7S2. The number of amides is 1. The zero-order valence-corrected chi connectivity index (χ0v) is 16.6. The number of methoxy groups -OCH3 is 1.